The van der Waals surface area contributed by atoms with Crippen LogP contribution in [0, 0.1) is 0 Å². The van der Waals surface area contributed by atoms with Crippen LogP contribution in [-0.4, -0.2) is 59.4 Å². The fourth-order valence-corrected chi connectivity index (χ4v) is 2.90. The highest BCUT2D eigenvalue weighted by Crippen LogP contribution is 2.05. The van der Waals surface area contributed by atoms with E-state index in [0.717, 1.165) is 44.9 Å². The summed E-state index contributed by atoms with van der Waals surface area (Å²) >= 11 is 0. The molecule has 0 radical (unpaired) electrons. The zero-order valence-corrected chi connectivity index (χ0v) is 16.3. The quantitative estimate of drug-likeness (QED) is 0.390. The Hall–Kier alpha value is -1.56. The first-order valence-electron chi connectivity index (χ1n) is 9.11. The van der Waals surface area contributed by atoms with Crippen LogP contribution in [0.4, 0.5) is 0 Å². The molecule has 0 spiro atoms. The molecule has 0 atom stereocenters. The normalized spacial score (nSPS) is 12.5. The van der Waals surface area contributed by atoms with E-state index in [1.165, 1.54) is 5.56 Å². The molecule has 2 N–H and O–H groups in total. The molecule has 0 bridgehead atoms. The van der Waals surface area contributed by atoms with Gasteiger partial charge in [-0.2, -0.15) is 5.10 Å². The summed E-state index contributed by atoms with van der Waals surface area (Å²) in [5, 5.41) is 11.0. The summed E-state index contributed by atoms with van der Waals surface area (Å²) in [6, 6.07) is 1.19. The first-order chi connectivity index (χ1) is 11.4. The van der Waals surface area contributed by atoms with E-state index < -0.39 is 0 Å². The van der Waals surface area contributed by atoms with Crippen LogP contribution in [0.2, 0.25) is 0 Å². The Bertz CT molecular complexity index is 470. The number of hydrogen-bond acceptors (Lipinski definition) is 3. The van der Waals surface area contributed by atoms with Crippen molar-refractivity contribution < 1.29 is 0 Å². The van der Waals surface area contributed by atoms with Gasteiger partial charge in [-0.05, 0) is 52.5 Å². The lowest BCUT2D eigenvalue weighted by molar-refractivity contribution is 0.173. The first-order valence-corrected chi connectivity index (χ1v) is 9.11. The van der Waals surface area contributed by atoms with Crippen molar-refractivity contribution in [2.75, 3.05) is 26.7 Å². The average molecular weight is 337 g/mol. The van der Waals surface area contributed by atoms with Crippen LogP contribution in [0.5, 0.6) is 0 Å². The molecule has 0 aliphatic carbocycles. The Labute approximate surface area is 147 Å². The number of hydrogen-bond donors (Lipinski definition) is 2. The van der Waals surface area contributed by atoms with Crippen molar-refractivity contribution in [2.45, 2.75) is 59.0 Å². The maximum Gasteiger partial charge on any atom is 0.190 e. The van der Waals surface area contributed by atoms with Gasteiger partial charge in [-0.3, -0.25) is 14.6 Å². The van der Waals surface area contributed by atoms with E-state index in [1.807, 2.05) is 25.0 Å². The Kier molecular flexibility index (Phi) is 9.45. The maximum atomic E-state index is 4.29. The highest BCUT2D eigenvalue weighted by molar-refractivity contribution is 5.79. The number of nitrogens with one attached hydrogen (secondary N) is 2. The Morgan fingerprint density at radius 3 is 2.29 bits per heavy atom. The summed E-state index contributed by atoms with van der Waals surface area (Å²) in [7, 11) is 3.78. The van der Waals surface area contributed by atoms with Gasteiger partial charge >= 0.3 is 0 Å². The monoisotopic (exact) mass is 336 g/mol. The fraction of sp³-hybridized carbons (Fsp3) is 0.778. The van der Waals surface area contributed by atoms with E-state index >= 15 is 0 Å². The van der Waals surface area contributed by atoms with Crippen molar-refractivity contribution in [3.8, 4) is 0 Å². The van der Waals surface area contributed by atoms with Crippen LogP contribution in [-0.2, 0) is 13.5 Å². The Morgan fingerprint density at radius 2 is 1.79 bits per heavy atom. The topological polar surface area (TPSA) is 57.5 Å². The summed E-state index contributed by atoms with van der Waals surface area (Å²) in [5.41, 5.74) is 1.28. The van der Waals surface area contributed by atoms with Crippen LogP contribution in [0.25, 0.3) is 0 Å². The van der Waals surface area contributed by atoms with Crippen molar-refractivity contribution in [1.29, 1.82) is 0 Å². The van der Waals surface area contributed by atoms with E-state index in [9.17, 15) is 0 Å². The molecule has 0 saturated carbocycles. The lowest BCUT2D eigenvalue weighted by Crippen LogP contribution is -2.41. The average Bonchev–Trinajstić information content (AvgIpc) is 2.93. The fourth-order valence-electron chi connectivity index (χ4n) is 2.90. The summed E-state index contributed by atoms with van der Waals surface area (Å²) in [6.45, 7) is 12.0. The highest BCUT2D eigenvalue weighted by atomic mass is 15.2. The summed E-state index contributed by atoms with van der Waals surface area (Å²) in [4.78, 5) is 6.81. The summed E-state index contributed by atoms with van der Waals surface area (Å²) < 4.78 is 1.85. The van der Waals surface area contributed by atoms with E-state index in [1.54, 1.807) is 0 Å². The zero-order chi connectivity index (χ0) is 17.9. The third kappa shape index (κ3) is 7.81. The molecule has 0 aliphatic rings. The molecular weight excluding hydrogens is 300 g/mol. The van der Waals surface area contributed by atoms with Crippen LogP contribution in [0.15, 0.2) is 17.4 Å². The molecule has 24 heavy (non-hydrogen) atoms. The lowest BCUT2D eigenvalue weighted by Gasteiger charge is -2.30. The van der Waals surface area contributed by atoms with Crippen molar-refractivity contribution in [3.63, 3.8) is 0 Å². The van der Waals surface area contributed by atoms with E-state index in [0.29, 0.717) is 12.1 Å². The smallest absolute Gasteiger partial charge is 0.190 e. The zero-order valence-electron chi connectivity index (χ0n) is 16.3. The summed E-state index contributed by atoms with van der Waals surface area (Å²) in [6.07, 6.45) is 7.23. The molecule has 0 amide bonds. The summed E-state index contributed by atoms with van der Waals surface area (Å²) in [5.74, 6) is 0.891. The van der Waals surface area contributed by atoms with Crippen molar-refractivity contribution in [3.05, 3.63) is 18.0 Å². The maximum absolute atomic E-state index is 4.29. The van der Waals surface area contributed by atoms with Crippen LogP contribution in [0.3, 0.4) is 0 Å². The third-order valence-electron chi connectivity index (χ3n) is 4.13. The van der Waals surface area contributed by atoms with Crippen LogP contribution >= 0.6 is 0 Å². The molecule has 138 valence electrons. The minimum atomic E-state index is 0.593. The highest BCUT2D eigenvalue weighted by Gasteiger charge is 2.12. The van der Waals surface area contributed by atoms with Gasteiger partial charge in [0.15, 0.2) is 5.96 Å². The SMILES string of the molecule is CN=C(NCCCc1cnn(C)c1)NCCCN(C(C)C)C(C)C. The van der Waals surface area contributed by atoms with Crippen LogP contribution in [0.1, 0.15) is 46.1 Å². The van der Waals surface area contributed by atoms with E-state index in [2.05, 4.69) is 59.5 Å². The molecule has 0 aliphatic heterocycles. The molecule has 1 heterocycles. The molecule has 1 aromatic heterocycles. The minimum Gasteiger partial charge on any atom is -0.356 e. The van der Waals surface area contributed by atoms with Gasteiger partial charge in [-0.25, -0.2) is 0 Å². The molecule has 0 aromatic carbocycles. The molecule has 0 saturated heterocycles. The predicted octanol–water partition coefficient (Wildman–Crippen LogP) is 2.03. The van der Waals surface area contributed by atoms with Crippen molar-refractivity contribution in [1.82, 2.24) is 25.3 Å². The molecular formula is C18H36N6. The molecule has 6 heteroatoms. The largest absolute Gasteiger partial charge is 0.356 e. The molecule has 0 unspecified atom stereocenters. The standard InChI is InChI=1S/C18H36N6/c1-15(2)24(16(3)4)12-8-11-21-18(19-5)20-10-7-9-17-13-22-23(6)14-17/h13-16H,7-12H2,1-6H3,(H2,19,20,21). The van der Waals surface area contributed by atoms with Gasteiger partial charge in [0.05, 0.1) is 6.20 Å². The number of rotatable bonds is 10. The van der Waals surface area contributed by atoms with Gasteiger partial charge in [0, 0.05) is 52.0 Å². The lowest BCUT2D eigenvalue weighted by atomic mass is 10.2. The number of guanidine groups is 1. The van der Waals surface area contributed by atoms with Gasteiger partial charge in [-0.1, -0.05) is 0 Å². The molecule has 1 aromatic rings. The Morgan fingerprint density at radius 1 is 1.17 bits per heavy atom. The van der Waals surface area contributed by atoms with Gasteiger partial charge in [-0.15, -0.1) is 0 Å². The predicted molar refractivity (Wildman–Crippen MR) is 102 cm³/mol. The van der Waals surface area contributed by atoms with Crippen molar-refractivity contribution >= 4 is 5.96 Å². The second kappa shape index (κ2) is 11.1. The second-order valence-electron chi connectivity index (χ2n) is 6.83. The number of aromatic nitrogens is 2. The Balaban J connectivity index is 2.16. The number of aliphatic imine (C=N–C) groups is 1. The van der Waals surface area contributed by atoms with Gasteiger partial charge in [0.1, 0.15) is 0 Å². The van der Waals surface area contributed by atoms with Gasteiger partial charge in [0.2, 0.25) is 0 Å². The van der Waals surface area contributed by atoms with E-state index in [4.69, 9.17) is 0 Å². The number of nitrogens with zero attached hydrogens (tertiary/aromatic N) is 4. The molecule has 0 fully saturated rings. The van der Waals surface area contributed by atoms with Crippen LogP contribution < -0.4 is 10.6 Å². The van der Waals surface area contributed by atoms with Crippen molar-refractivity contribution in [2.24, 2.45) is 12.0 Å². The second-order valence-corrected chi connectivity index (χ2v) is 6.83. The third-order valence-corrected chi connectivity index (χ3v) is 4.13. The number of aryl methyl sites for hydroxylation is 2. The van der Waals surface area contributed by atoms with Gasteiger partial charge in [0.25, 0.3) is 0 Å². The minimum absolute atomic E-state index is 0.593. The molecule has 6 nitrogen and oxygen atoms in total. The first kappa shape index (κ1) is 20.5. The van der Waals surface area contributed by atoms with Gasteiger partial charge < -0.3 is 10.6 Å². The van der Waals surface area contributed by atoms with E-state index in [-0.39, 0.29) is 0 Å². The molecule has 1 rings (SSSR count).